The van der Waals surface area contributed by atoms with Crippen molar-refractivity contribution in [3.8, 4) is 0 Å². The lowest BCUT2D eigenvalue weighted by molar-refractivity contribution is -0.123. The highest BCUT2D eigenvalue weighted by Crippen LogP contribution is 2.24. The topological polar surface area (TPSA) is 58.4 Å². The van der Waals surface area contributed by atoms with Crippen LogP contribution in [0.5, 0.6) is 0 Å². The highest BCUT2D eigenvalue weighted by molar-refractivity contribution is 5.76. The maximum atomic E-state index is 11.9. The van der Waals surface area contributed by atoms with E-state index in [0.29, 0.717) is 24.9 Å². The van der Waals surface area contributed by atoms with E-state index in [9.17, 15) is 4.79 Å². The number of amides is 1. The molecular formula is C14H29N3O. The number of likely N-dealkylation sites (tertiary alicyclic amines) is 1. The van der Waals surface area contributed by atoms with Crippen molar-refractivity contribution in [2.75, 3.05) is 13.1 Å². The Morgan fingerprint density at radius 1 is 1.39 bits per heavy atom. The predicted octanol–water partition coefficient (Wildman–Crippen LogP) is 1.35. The van der Waals surface area contributed by atoms with E-state index >= 15 is 0 Å². The quantitative estimate of drug-likeness (QED) is 0.779. The molecule has 1 rings (SSSR count). The lowest BCUT2D eigenvalue weighted by atomic mass is 9.92. The Bertz CT molecular complexity index is 268. The maximum Gasteiger partial charge on any atom is 0.221 e. The molecule has 1 amide bonds. The Kier molecular flexibility index (Phi) is 6.09. The predicted molar refractivity (Wildman–Crippen MR) is 75.3 cm³/mol. The van der Waals surface area contributed by atoms with Crippen molar-refractivity contribution in [2.24, 2.45) is 11.7 Å². The van der Waals surface area contributed by atoms with E-state index in [4.69, 9.17) is 5.73 Å². The lowest BCUT2D eigenvalue weighted by Crippen LogP contribution is -2.52. The molecule has 1 fully saturated rings. The minimum atomic E-state index is 0.117. The number of nitrogens with zero attached hydrogens (tertiary/aromatic N) is 1. The molecule has 0 radical (unpaired) electrons. The molecule has 4 heteroatoms. The summed E-state index contributed by atoms with van der Waals surface area (Å²) >= 11 is 0. The number of hydrogen-bond donors (Lipinski definition) is 2. The molecule has 1 heterocycles. The van der Waals surface area contributed by atoms with Crippen LogP contribution >= 0.6 is 0 Å². The van der Waals surface area contributed by atoms with Crippen molar-refractivity contribution in [1.29, 1.82) is 0 Å². The third-order valence-electron chi connectivity index (χ3n) is 3.78. The van der Waals surface area contributed by atoms with Gasteiger partial charge in [-0.3, -0.25) is 9.69 Å². The number of carbonyl (C=O) groups is 1. The molecular weight excluding hydrogens is 226 g/mol. The molecule has 3 atom stereocenters. The number of piperidine rings is 1. The third-order valence-corrected chi connectivity index (χ3v) is 3.78. The highest BCUT2D eigenvalue weighted by atomic mass is 16.1. The van der Waals surface area contributed by atoms with Crippen molar-refractivity contribution in [3.05, 3.63) is 0 Å². The average Bonchev–Trinajstić information content (AvgIpc) is 2.28. The van der Waals surface area contributed by atoms with Crippen LogP contribution in [-0.4, -0.2) is 42.0 Å². The zero-order chi connectivity index (χ0) is 13.7. The first kappa shape index (κ1) is 15.4. The first-order chi connectivity index (χ1) is 8.43. The van der Waals surface area contributed by atoms with Crippen LogP contribution in [0.25, 0.3) is 0 Å². The second-order valence-corrected chi connectivity index (χ2v) is 6.04. The number of carbonyl (C=O) groups excluding carboxylic acids is 1. The lowest BCUT2D eigenvalue weighted by Gasteiger charge is -2.41. The summed E-state index contributed by atoms with van der Waals surface area (Å²) in [7, 11) is 0. The van der Waals surface area contributed by atoms with E-state index in [0.717, 1.165) is 6.54 Å². The summed E-state index contributed by atoms with van der Waals surface area (Å²) in [5, 5.41) is 2.95. The summed E-state index contributed by atoms with van der Waals surface area (Å²) in [6.45, 7) is 10.1. The van der Waals surface area contributed by atoms with Gasteiger partial charge in [-0.15, -0.1) is 0 Å². The van der Waals surface area contributed by atoms with Crippen molar-refractivity contribution < 1.29 is 4.79 Å². The average molecular weight is 255 g/mol. The summed E-state index contributed by atoms with van der Waals surface area (Å²) < 4.78 is 0. The Morgan fingerprint density at radius 2 is 2.06 bits per heavy atom. The molecule has 3 N–H and O–H groups in total. The Balaban J connectivity index is 2.56. The van der Waals surface area contributed by atoms with Gasteiger partial charge in [-0.05, 0) is 39.5 Å². The molecule has 1 aliphatic heterocycles. The molecule has 18 heavy (non-hydrogen) atoms. The maximum absolute atomic E-state index is 11.9. The van der Waals surface area contributed by atoms with Crippen LogP contribution in [0.4, 0.5) is 0 Å². The largest absolute Gasteiger partial charge is 0.354 e. The highest BCUT2D eigenvalue weighted by Gasteiger charge is 2.29. The molecule has 4 nitrogen and oxygen atoms in total. The van der Waals surface area contributed by atoms with Crippen molar-refractivity contribution in [2.45, 2.75) is 65.1 Å². The van der Waals surface area contributed by atoms with Gasteiger partial charge >= 0.3 is 0 Å². The number of hydrogen-bond acceptors (Lipinski definition) is 3. The summed E-state index contributed by atoms with van der Waals surface area (Å²) in [5.41, 5.74) is 5.87. The van der Waals surface area contributed by atoms with E-state index in [1.165, 1.54) is 12.8 Å². The van der Waals surface area contributed by atoms with Crippen LogP contribution in [0.3, 0.4) is 0 Å². The van der Waals surface area contributed by atoms with E-state index in [1.54, 1.807) is 0 Å². The molecule has 106 valence electrons. The van der Waals surface area contributed by atoms with Gasteiger partial charge in [-0.25, -0.2) is 0 Å². The summed E-state index contributed by atoms with van der Waals surface area (Å²) in [4.78, 5) is 14.3. The molecule has 0 aliphatic carbocycles. The van der Waals surface area contributed by atoms with Gasteiger partial charge in [0.05, 0.1) is 0 Å². The zero-order valence-corrected chi connectivity index (χ0v) is 12.3. The van der Waals surface area contributed by atoms with Gasteiger partial charge in [-0.1, -0.05) is 6.92 Å². The Labute approximate surface area is 111 Å². The van der Waals surface area contributed by atoms with Crippen molar-refractivity contribution in [3.63, 3.8) is 0 Å². The summed E-state index contributed by atoms with van der Waals surface area (Å²) in [6, 6.07) is 0.928. The first-order valence-corrected chi connectivity index (χ1v) is 7.19. The molecule has 0 spiro atoms. The van der Waals surface area contributed by atoms with Crippen LogP contribution in [0.2, 0.25) is 0 Å². The summed E-state index contributed by atoms with van der Waals surface area (Å²) in [5.74, 6) is 0.828. The van der Waals surface area contributed by atoms with E-state index in [-0.39, 0.29) is 18.0 Å². The minimum absolute atomic E-state index is 0.117. The van der Waals surface area contributed by atoms with Gasteiger partial charge in [0.1, 0.15) is 0 Å². The standard InChI is InChI=1S/C14H29N3O/c1-10(2)16-14(18)7-13(8-15)17-9-11(3)5-6-12(17)4/h10-13H,5-9,15H2,1-4H3,(H,16,18). The summed E-state index contributed by atoms with van der Waals surface area (Å²) in [6.07, 6.45) is 3.02. The fourth-order valence-corrected chi connectivity index (χ4v) is 2.76. The SMILES string of the molecule is CC1CCC(C)N(C(CN)CC(=O)NC(C)C)C1. The first-order valence-electron chi connectivity index (χ1n) is 7.19. The smallest absolute Gasteiger partial charge is 0.221 e. The van der Waals surface area contributed by atoms with Crippen LogP contribution < -0.4 is 11.1 Å². The van der Waals surface area contributed by atoms with Crippen LogP contribution in [0, 0.1) is 5.92 Å². The van der Waals surface area contributed by atoms with Gasteiger partial charge in [-0.2, -0.15) is 0 Å². The monoisotopic (exact) mass is 255 g/mol. The van der Waals surface area contributed by atoms with Gasteiger partial charge < -0.3 is 11.1 Å². The van der Waals surface area contributed by atoms with E-state index in [2.05, 4.69) is 24.1 Å². The Morgan fingerprint density at radius 3 is 2.61 bits per heavy atom. The normalized spacial score (nSPS) is 27.2. The Hall–Kier alpha value is -0.610. The molecule has 1 saturated heterocycles. The van der Waals surface area contributed by atoms with Gasteiger partial charge in [0.2, 0.25) is 5.91 Å². The van der Waals surface area contributed by atoms with Crippen LogP contribution in [0.1, 0.15) is 47.0 Å². The number of nitrogens with one attached hydrogen (secondary N) is 1. The van der Waals surface area contributed by atoms with Gasteiger partial charge in [0.25, 0.3) is 0 Å². The molecule has 3 unspecified atom stereocenters. The fraction of sp³-hybridized carbons (Fsp3) is 0.929. The molecule has 0 bridgehead atoms. The second kappa shape index (κ2) is 7.10. The van der Waals surface area contributed by atoms with Crippen molar-refractivity contribution >= 4 is 5.91 Å². The minimum Gasteiger partial charge on any atom is -0.354 e. The van der Waals surface area contributed by atoms with Gasteiger partial charge in [0.15, 0.2) is 0 Å². The fourth-order valence-electron chi connectivity index (χ4n) is 2.76. The number of rotatable bonds is 5. The van der Waals surface area contributed by atoms with Crippen LogP contribution in [0.15, 0.2) is 0 Å². The molecule has 1 aliphatic rings. The molecule has 0 aromatic carbocycles. The zero-order valence-electron chi connectivity index (χ0n) is 12.3. The van der Waals surface area contributed by atoms with Gasteiger partial charge in [0, 0.05) is 37.6 Å². The van der Waals surface area contributed by atoms with E-state index in [1.807, 2.05) is 13.8 Å². The van der Waals surface area contributed by atoms with Crippen LogP contribution in [-0.2, 0) is 4.79 Å². The van der Waals surface area contributed by atoms with Crippen molar-refractivity contribution in [1.82, 2.24) is 10.2 Å². The molecule has 0 aromatic rings. The van der Waals surface area contributed by atoms with E-state index < -0.39 is 0 Å². The third kappa shape index (κ3) is 4.58. The second-order valence-electron chi connectivity index (χ2n) is 6.04. The number of nitrogens with two attached hydrogens (primary N) is 1. The molecule has 0 saturated carbocycles. The molecule has 0 aromatic heterocycles.